The average Bonchev–Trinajstić information content (AvgIpc) is 3.53. The monoisotopic (exact) mass is 415 g/mol. The van der Waals surface area contributed by atoms with Gasteiger partial charge in [0.15, 0.2) is 0 Å². The van der Waals surface area contributed by atoms with Gasteiger partial charge in [0.25, 0.3) is 5.91 Å². The highest BCUT2D eigenvalue weighted by Gasteiger charge is 2.34. The molecule has 6 heteroatoms. The van der Waals surface area contributed by atoms with Crippen LogP contribution >= 0.6 is 11.3 Å². The minimum Gasteiger partial charge on any atom is -0.340 e. The molecule has 5 rings (SSSR count). The van der Waals surface area contributed by atoms with Gasteiger partial charge < -0.3 is 9.80 Å². The van der Waals surface area contributed by atoms with Crippen LogP contribution in [0.25, 0.3) is 0 Å². The molecule has 1 aromatic rings. The van der Waals surface area contributed by atoms with Crippen molar-refractivity contribution < 1.29 is 9.59 Å². The molecule has 3 fully saturated rings. The summed E-state index contributed by atoms with van der Waals surface area (Å²) in [5.41, 5.74) is 1.26. The Bertz CT molecular complexity index is 756. The largest absolute Gasteiger partial charge is 0.340 e. The van der Waals surface area contributed by atoms with Gasteiger partial charge in [0.1, 0.15) is 0 Å². The van der Waals surface area contributed by atoms with Crippen LogP contribution in [-0.4, -0.2) is 71.8 Å². The van der Waals surface area contributed by atoms with E-state index in [1.54, 1.807) is 11.3 Å². The van der Waals surface area contributed by atoms with Crippen molar-refractivity contribution in [2.24, 2.45) is 5.92 Å². The molecule has 0 spiro atoms. The molecule has 0 aromatic carbocycles. The van der Waals surface area contributed by atoms with E-state index in [2.05, 4.69) is 15.9 Å². The molecule has 2 amide bonds. The van der Waals surface area contributed by atoms with E-state index in [1.807, 2.05) is 4.90 Å². The van der Waals surface area contributed by atoms with E-state index in [4.69, 9.17) is 0 Å². The molecular formula is C23H33N3O2S. The van der Waals surface area contributed by atoms with Crippen molar-refractivity contribution in [1.82, 2.24) is 14.7 Å². The van der Waals surface area contributed by atoms with Crippen LogP contribution in [0.4, 0.5) is 0 Å². The number of aryl methyl sites for hydroxylation is 1. The highest BCUT2D eigenvalue weighted by atomic mass is 32.1. The number of amides is 2. The number of piperazine rings is 1. The van der Waals surface area contributed by atoms with E-state index in [0.29, 0.717) is 5.91 Å². The standard InChI is InChI=1S/C23H33N3O2S/c27-22(26-13-11-24(12-14-26)19-5-1-2-6-19)17-7-8-20-18(15-17)16-21(29-20)23(28)25-9-3-4-10-25/h16-17,19H,1-15H2/t17-/m0/s1. The van der Waals surface area contributed by atoms with Crippen LogP contribution in [0.15, 0.2) is 6.07 Å². The molecule has 2 aliphatic carbocycles. The van der Waals surface area contributed by atoms with Crippen molar-refractivity contribution in [3.63, 3.8) is 0 Å². The summed E-state index contributed by atoms with van der Waals surface area (Å²) in [5, 5.41) is 0. The second-order valence-electron chi connectivity index (χ2n) is 9.30. The summed E-state index contributed by atoms with van der Waals surface area (Å²) in [6.45, 7) is 5.66. The van der Waals surface area contributed by atoms with Crippen LogP contribution in [0.1, 0.15) is 65.1 Å². The summed E-state index contributed by atoms with van der Waals surface area (Å²) in [7, 11) is 0. The van der Waals surface area contributed by atoms with Gasteiger partial charge >= 0.3 is 0 Å². The van der Waals surface area contributed by atoms with Gasteiger partial charge in [0, 0.05) is 56.1 Å². The number of hydrogen-bond donors (Lipinski definition) is 0. The Hall–Kier alpha value is -1.40. The SMILES string of the molecule is O=C(c1cc2c(s1)CC[C@H](C(=O)N1CCN(C3CCCC3)CC1)C2)N1CCCC1. The lowest BCUT2D eigenvalue weighted by molar-refractivity contribution is -0.138. The van der Waals surface area contributed by atoms with Gasteiger partial charge in [-0.1, -0.05) is 12.8 Å². The minimum absolute atomic E-state index is 0.102. The zero-order valence-corrected chi connectivity index (χ0v) is 18.2. The topological polar surface area (TPSA) is 43.9 Å². The normalized spacial score (nSPS) is 26.1. The fourth-order valence-electron chi connectivity index (χ4n) is 5.75. The van der Waals surface area contributed by atoms with Crippen LogP contribution in [0.2, 0.25) is 0 Å². The minimum atomic E-state index is 0.102. The lowest BCUT2D eigenvalue weighted by Gasteiger charge is -2.39. The third kappa shape index (κ3) is 3.98. The van der Waals surface area contributed by atoms with Gasteiger partial charge in [-0.2, -0.15) is 0 Å². The first-order chi connectivity index (χ1) is 14.2. The van der Waals surface area contributed by atoms with Gasteiger partial charge in [0.05, 0.1) is 4.88 Å². The number of hydrogen-bond acceptors (Lipinski definition) is 4. The van der Waals surface area contributed by atoms with Crippen LogP contribution in [0.3, 0.4) is 0 Å². The maximum absolute atomic E-state index is 13.2. The van der Waals surface area contributed by atoms with Crippen LogP contribution < -0.4 is 0 Å². The van der Waals surface area contributed by atoms with Gasteiger partial charge in [-0.3, -0.25) is 14.5 Å². The fraction of sp³-hybridized carbons (Fsp3) is 0.739. The molecule has 0 unspecified atom stereocenters. The molecule has 5 nitrogen and oxygen atoms in total. The third-order valence-corrected chi connectivity index (χ3v) is 8.73. The Labute approximate surface area is 178 Å². The molecule has 0 radical (unpaired) electrons. The van der Waals surface area contributed by atoms with Crippen molar-refractivity contribution in [1.29, 1.82) is 0 Å². The van der Waals surface area contributed by atoms with E-state index >= 15 is 0 Å². The maximum atomic E-state index is 13.2. The molecule has 4 aliphatic rings. The zero-order chi connectivity index (χ0) is 19.8. The Morgan fingerprint density at radius 3 is 2.31 bits per heavy atom. The van der Waals surface area contributed by atoms with E-state index < -0.39 is 0 Å². The summed E-state index contributed by atoms with van der Waals surface area (Å²) >= 11 is 1.67. The van der Waals surface area contributed by atoms with Gasteiger partial charge in [-0.05, 0) is 56.6 Å². The van der Waals surface area contributed by atoms with Crippen molar-refractivity contribution in [3.05, 3.63) is 21.4 Å². The second kappa shape index (κ2) is 8.38. The Morgan fingerprint density at radius 2 is 1.59 bits per heavy atom. The van der Waals surface area contributed by atoms with Gasteiger partial charge in [-0.25, -0.2) is 0 Å². The van der Waals surface area contributed by atoms with Crippen molar-refractivity contribution in [2.45, 2.75) is 63.8 Å². The first kappa shape index (κ1) is 19.6. The summed E-state index contributed by atoms with van der Waals surface area (Å²) in [4.78, 5) is 34.8. The van der Waals surface area contributed by atoms with Crippen LogP contribution in [0, 0.1) is 5.92 Å². The molecule has 29 heavy (non-hydrogen) atoms. The molecule has 0 N–H and O–H groups in total. The molecule has 1 saturated carbocycles. The van der Waals surface area contributed by atoms with E-state index in [1.165, 1.54) is 36.1 Å². The maximum Gasteiger partial charge on any atom is 0.263 e. The summed E-state index contributed by atoms with van der Waals surface area (Å²) in [6, 6.07) is 2.86. The first-order valence-electron chi connectivity index (χ1n) is 11.6. The van der Waals surface area contributed by atoms with Crippen molar-refractivity contribution >= 4 is 23.2 Å². The predicted molar refractivity (Wildman–Crippen MR) is 115 cm³/mol. The molecule has 1 aromatic heterocycles. The Morgan fingerprint density at radius 1 is 0.862 bits per heavy atom. The van der Waals surface area contributed by atoms with Crippen molar-refractivity contribution in [2.75, 3.05) is 39.3 Å². The van der Waals surface area contributed by atoms with E-state index in [9.17, 15) is 9.59 Å². The summed E-state index contributed by atoms with van der Waals surface area (Å²) in [6.07, 6.45) is 10.4. The molecular weight excluding hydrogens is 382 g/mol. The Balaban J connectivity index is 1.18. The number of nitrogens with zero attached hydrogens (tertiary/aromatic N) is 3. The van der Waals surface area contributed by atoms with Gasteiger partial charge in [0.2, 0.25) is 5.91 Å². The lowest BCUT2D eigenvalue weighted by atomic mass is 9.87. The molecule has 1 atom stereocenters. The highest BCUT2D eigenvalue weighted by molar-refractivity contribution is 7.14. The number of carbonyl (C=O) groups is 2. The first-order valence-corrected chi connectivity index (χ1v) is 12.4. The molecule has 158 valence electrons. The second-order valence-corrected chi connectivity index (χ2v) is 10.4. The zero-order valence-electron chi connectivity index (χ0n) is 17.4. The summed E-state index contributed by atoms with van der Waals surface area (Å²) in [5.74, 6) is 0.651. The predicted octanol–water partition coefficient (Wildman–Crippen LogP) is 3.18. The van der Waals surface area contributed by atoms with Crippen LogP contribution in [0.5, 0.6) is 0 Å². The quantitative estimate of drug-likeness (QED) is 0.762. The Kier molecular flexibility index (Phi) is 5.65. The average molecular weight is 416 g/mol. The number of carbonyl (C=O) groups excluding carboxylic acids is 2. The molecule has 3 heterocycles. The number of thiophene rings is 1. The smallest absolute Gasteiger partial charge is 0.263 e. The number of fused-ring (bicyclic) bond motifs is 1. The fourth-order valence-corrected chi connectivity index (χ4v) is 6.93. The number of likely N-dealkylation sites (tertiary alicyclic amines) is 1. The highest BCUT2D eigenvalue weighted by Crippen LogP contribution is 2.34. The molecule has 0 bridgehead atoms. The van der Waals surface area contributed by atoms with E-state index in [-0.39, 0.29) is 11.8 Å². The van der Waals surface area contributed by atoms with E-state index in [0.717, 1.165) is 82.3 Å². The third-order valence-electron chi connectivity index (χ3n) is 7.50. The van der Waals surface area contributed by atoms with Crippen molar-refractivity contribution in [3.8, 4) is 0 Å². The van der Waals surface area contributed by atoms with Crippen LogP contribution in [-0.2, 0) is 17.6 Å². The lowest BCUT2D eigenvalue weighted by Crippen LogP contribution is -2.53. The number of rotatable bonds is 3. The molecule has 2 aliphatic heterocycles. The summed E-state index contributed by atoms with van der Waals surface area (Å²) < 4.78 is 0. The molecule has 2 saturated heterocycles. The van der Waals surface area contributed by atoms with Gasteiger partial charge in [-0.15, -0.1) is 11.3 Å².